The summed E-state index contributed by atoms with van der Waals surface area (Å²) < 4.78 is 13.9. The minimum atomic E-state index is -0.185. The maximum Gasteiger partial charge on any atom is 0.124 e. The summed E-state index contributed by atoms with van der Waals surface area (Å²) in [5.74, 6) is 0.760. The number of halogens is 2. The Morgan fingerprint density at radius 3 is 2.63 bits per heavy atom. The highest BCUT2D eigenvalue weighted by Gasteiger charge is 2.20. The summed E-state index contributed by atoms with van der Waals surface area (Å²) in [4.78, 5) is 0. The molecule has 19 heavy (non-hydrogen) atoms. The van der Waals surface area contributed by atoms with Crippen LogP contribution in [0.3, 0.4) is 0 Å². The molecule has 0 aromatic heterocycles. The van der Waals surface area contributed by atoms with Gasteiger partial charge in [-0.05, 0) is 49.3 Å². The van der Waals surface area contributed by atoms with E-state index in [1.807, 2.05) is 6.07 Å². The minimum Gasteiger partial charge on any atom is -0.310 e. The van der Waals surface area contributed by atoms with Gasteiger partial charge in [-0.2, -0.15) is 0 Å². The molecule has 0 saturated heterocycles. The van der Waals surface area contributed by atoms with E-state index in [-0.39, 0.29) is 5.82 Å². The van der Waals surface area contributed by atoms with Crippen molar-refractivity contribution in [3.05, 3.63) is 34.1 Å². The SMILES string of the molecule is CCCC1CCC(NCc2ccc(F)cc2Br)CC1. The van der Waals surface area contributed by atoms with E-state index >= 15 is 0 Å². The van der Waals surface area contributed by atoms with E-state index in [9.17, 15) is 4.39 Å². The first kappa shape index (κ1) is 15.0. The van der Waals surface area contributed by atoms with Crippen LogP contribution in [0.15, 0.2) is 22.7 Å². The fourth-order valence-corrected chi connectivity index (χ4v) is 3.47. The van der Waals surface area contributed by atoms with Crippen LogP contribution in [0.25, 0.3) is 0 Å². The van der Waals surface area contributed by atoms with Gasteiger partial charge >= 0.3 is 0 Å². The molecular formula is C16H23BrFN. The Balaban J connectivity index is 1.77. The Kier molecular flexibility index (Phi) is 5.83. The number of hydrogen-bond donors (Lipinski definition) is 1. The molecule has 0 bridgehead atoms. The highest BCUT2D eigenvalue weighted by atomic mass is 79.9. The maximum absolute atomic E-state index is 13.0. The zero-order valence-electron chi connectivity index (χ0n) is 11.6. The van der Waals surface area contributed by atoms with Gasteiger partial charge in [0.15, 0.2) is 0 Å². The molecule has 1 saturated carbocycles. The maximum atomic E-state index is 13.0. The monoisotopic (exact) mass is 327 g/mol. The van der Waals surface area contributed by atoms with Crippen LogP contribution in [0, 0.1) is 11.7 Å². The number of hydrogen-bond acceptors (Lipinski definition) is 1. The summed E-state index contributed by atoms with van der Waals surface area (Å²) in [5, 5.41) is 3.61. The quantitative estimate of drug-likeness (QED) is 0.799. The summed E-state index contributed by atoms with van der Waals surface area (Å²) in [6.07, 6.45) is 7.97. The van der Waals surface area contributed by atoms with Gasteiger partial charge in [-0.25, -0.2) is 4.39 Å². The molecule has 1 nitrogen and oxygen atoms in total. The fourth-order valence-electron chi connectivity index (χ4n) is 2.98. The molecule has 0 atom stereocenters. The Labute approximate surface area is 124 Å². The van der Waals surface area contributed by atoms with Crippen LogP contribution in [0.1, 0.15) is 51.0 Å². The molecule has 0 unspecified atom stereocenters. The summed E-state index contributed by atoms with van der Waals surface area (Å²) in [6, 6.07) is 5.55. The third-order valence-electron chi connectivity index (χ3n) is 4.14. The lowest BCUT2D eigenvalue weighted by atomic mass is 9.83. The zero-order valence-corrected chi connectivity index (χ0v) is 13.2. The van der Waals surface area contributed by atoms with Crippen molar-refractivity contribution in [1.82, 2.24) is 5.32 Å². The van der Waals surface area contributed by atoms with Gasteiger partial charge in [0.2, 0.25) is 0 Å². The molecule has 1 aromatic carbocycles. The Hall–Kier alpha value is -0.410. The third-order valence-corrected chi connectivity index (χ3v) is 4.88. The molecule has 0 radical (unpaired) electrons. The van der Waals surface area contributed by atoms with Gasteiger partial charge in [-0.15, -0.1) is 0 Å². The predicted molar refractivity (Wildman–Crippen MR) is 81.6 cm³/mol. The van der Waals surface area contributed by atoms with E-state index in [2.05, 4.69) is 28.2 Å². The van der Waals surface area contributed by atoms with E-state index in [4.69, 9.17) is 0 Å². The second-order valence-electron chi connectivity index (χ2n) is 5.62. The van der Waals surface area contributed by atoms with Crippen molar-refractivity contribution in [2.75, 3.05) is 0 Å². The second kappa shape index (κ2) is 7.39. The predicted octanol–water partition coefficient (Wildman–Crippen LogP) is 5.04. The van der Waals surface area contributed by atoms with Crippen molar-refractivity contribution >= 4 is 15.9 Å². The number of benzene rings is 1. The number of rotatable bonds is 5. The second-order valence-corrected chi connectivity index (χ2v) is 6.48. The summed E-state index contributed by atoms with van der Waals surface area (Å²) in [7, 11) is 0. The molecule has 0 amide bonds. The van der Waals surface area contributed by atoms with E-state index in [1.54, 1.807) is 0 Å². The van der Waals surface area contributed by atoms with Crippen molar-refractivity contribution in [2.24, 2.45) is 5.92 Å². The molecule has 0 spiro atoms. The van der Waals surface area contributed by atoms with E-state index in [1.165, 1.54) is 50.7 Å². The molecule has 0 heterocycles. The van der Waals surface area contributed by atoms with Gasteiger partial charge in [-0.1, -0.05) is 41.8 Å². The van der Waals surface area contributed by atoms with Crippen molar-refractivity contribution < 1.29 is 4.39 Å². The summed E-state index contributed by atoms with van der Waals surface area (Å²) in [5.41, 5.74) is 1.14. The van der Waals surface area contributed by atoms with E-state index < -0.39 is 0 Å². The standard InChI is InChI=1S/C16H23BrFN/c1-2-3-12-4-8-15(9-5-12)19-11-13-6-7-14(18)10-16(13)17/h6-7,10,12,15,19H,2-5,8-9,11H2,1H3. The minimum absolute atomic E-state index is 0.185. The van der Waals surface area contributed by atoms with Crippen molar-refractivity contribution in [2.45, 2.75) is 58.0 Å². The summed E-state index contributed by atoms with van der Waals surface area (Å²) >= 11 is 3.42. The molecule has 1 aromatic rings. The van der Waals surface area contributed by atoms with Gasteiger partial charge in [0.05, 0.1) is 0 Å². The van der Waals surface area contributed by atoms with Crippen LogP contribution in [-0.4, -0.2) is 6.04 Å². The first-order valence-electron chi connectivity index (χ1n) is 7.36. The smallest absolute Gasteiger partial charge is 0.124 e. The van der Waals surface area contributed by atoms with Crippen LogP contribution in [0.5, 0.6) is 0 Å². The Morgan fingerprint density at radius 2 is 2.00 bits per heavy atom. The Morgan fingerprint density at radius 1 is 1.26 bits per heavy atom. The topological polar surface area (TPSA) is 12.0 Å². The largest absolute Gasteiger partial charge is 0.310 e. The fraction of sp³-hybridized carbons (Fsp3) is 0.625. The van der Waals surface area contributed by atoms with Gasteiger partial charge in [0.1, 0.15) is 5.82 Å². The lowest BCUT2D eigenvalue weighted by molar-refractivity contribution is 0.277. The van der Waals surface area contributed by atoms with Crippen molar-refractivity contribution in [3.63, 3.8) is 0 Å². The third kappa shape index (κ3) is 4.57. The first-order chi connectivity index (χ1) is 9.19. The van der Waals surface area contributed by atoms with Crippen LogP contribution in [-0.2, 0) is 6.54 Å². The van der Waals surface area contributed by atoms with Crippen LogP contribution < -0.4 is 5.32 Å². The zero-order chi connectivity index (χ0) is 13.7. The Bertz CT molecular complexity index is 400. The van der Waals surface area contributed by atoms with E-state index in [0.717, 1.165) is 22.5 Å². The van der Waals surface area contributed by atoms with Gasteiger partial charge in [0, 0.05) is 17.1 Å². The average molecular weight is 328 g/mol. The molecular weight excluding hydrogens is 305 g/mol. The molecule has 2 rings (SSSR count). The molecule has 1 aliphatic carbocycles. The normalized spacial score (nSPS) is 23.5. The van der Waals surface area contributed by atoms with E-state index in [0.29, 0.717) is 6.04 Å². The molecule has 0 aliphatic heterocycles. The lowest BCUT2D eigenvalue weighted by Gasteiger charge is -2.29. The number of nitrogens with one attached hydrogen (secondary N) is 1. The average Bonchev–Trinajstić information content (AvgIpc) is 2.40. The van der Waals surface area contributed by atoms with Gasteiger partial charge in [0.25, 0.3) is 0 Å². The molecule has 1 N–H and O–H groups in total. The lowest BCUT2D eigenvalue weighted by Crippen LogP contribution is -2.32. The molecule has 106 valence electrons. The van der Waals surface area contributed by atoms with Crippen molar-refractivity contribution in [3.8, 4) is 0 Å². The van der Waals surface area contributed by atoms with Crippen LogP contribution in [0.4, 0.5) is 4.39 Å². The van der Waals surface area contributed by atoms with Gasteiger partial charge < -0.3 is 5.32 Å². The molecule has 1 aliphatic rings. The highest BCUT2D eigenvalue weighted by Crippen LogP contribution is 2.28. The molecule has 1 fully saturated rings. The van der Waals surface area contributed by atoms with Gasteiger partial charge in [-0.3, -0.25) is 0 Å². The molecule has 3 heteroatoms. The first-order valence-corrected chi connectivity index (χ1v) is 8.15. The van der Waals surface area contributed by atoms with Crippen LogP contribution >= 0.6 is 15.9 Å². The highest BCUT2D eigenvalue weighted by molar-refractivity contribution is 9.10. The van der Waals surface area contributed by atoms with Crippen LogP contribution in [0.2, 0.25) is 0 Å². The summed E-state index contributed by atoms with van der Waals surface area (Å²) in [6.45, 7) is 3.10. The van der Waals surface area contributed by atoms with Crippen molar-refractivity contribution in [1.29, 1.82) is 0 Å².